The van der Waals surface area contributed by atoms with Gasteiger partial charge in [0, 0.05) is 7.05 Å². The van der Waals surface area contributed by atoms with Crippen LogP contribution in [-0.4, -0.2) is 20.9 Å². The molecule has 1 rings (SSSR count). The van der Waals surface area contributed by atoms with Crippen LogP contribution in [0.15, 0.2) is 0 Å². The Morgan fingerprint density at radius 2 is 2.31 bits per heavy atom. The molecule has 72 valence electrons. The summed E-state index contributed by atoms with van der Waals surface area (Å²) in [6, 6.07) is 0. The van der Waals surface area contributed by atoms with Crippen molar-refractivity contribution in [1.29, 1.82) is 0 Å². The Hall–Kier alpha value is -1.03. The topological polar surface area (TPSA) is 55.1 Å². The van der Waals surface area contributed by atoms with Crippen LogP contribution in [0.3, 0.4) is 0 Å². The summed E-state index contributed by atoms with van der Waals surface area (Å²) in [5.41, 5.74) is 0.717. The average molecular weight is 203 g/mol. The van der Waals surface area contributed by atoms with Crippen molar-refractivity contribution in [1.82, 2.24) is 9.78 Å². The number of carboxylic acid groups (broad SMARTS) is 1. The zero-order valence-electron chi connectivity index (χ0n) is 7.54. The molecule has 0 unspecified atom stereocenters. The van der Waals surface area contributed by atoms with E-state index < -0.39 is 5.97 Å². The molecule has 0 aliphatic carbocycles. The fourth-order valence-corrected chi connectivity index (χ4v) is 1.51. The Labute approximate surface area is 81.1 Å². The Bertz CT molecular complexity index is 333. The van der Waals surface area contributed by atoms with Gasteiger partial charge in [0.1, 0.15) is 0 Å². The molecule has 0 atom stereocenters. The van der Waals surface area contributed by atoms with Crippen LogP contribution in [0, 0.1) is 0 Å². The number of carboxylic acids is 1. The van der Waals surface area contributed by atoms with Crippen LogP contribution in [0.5, 0.6) is 0 Å². The van der Waals surface area contributed by atoms with Gasteiger partial charge in [-0.1, -0.05) is 24.9 Å². The van der Waals surface area contributed by atoms with Crippen molar-refractivity contribution in [3.63, 3.8) is 0 Å². The highest BCUT2D eigenvalue weighted by Crippen LogP contribution is 2.21. The first-order valence-corrected chi connectivity index (χ1v) is 4.40. The van der Waals surface area contributed by atoms with Gasteiger partial charge in [0.25, 0.3) is 0 Å². The Morgan fingerprint density at radius 1 is 1.69 bits per heavy atom. The fourth-order valence-electron chi connectivity index (χ4n) is 1.18. The fraction of sp³-hybridized carbons (Fsp3) is 0.500. The number of aromatic nitrogens is 2. The van der Waals surface area contributed by atoms with Gasteiger partial charge in [0.05, 0.1) is 10.7 Å². The first kappa shape index (κ1) is 10.1. The molecule has 0 fully saturated rings. The van der Waals surface area contributed by atoms with Gasteiger partial charge >= 0.3 is 5.97 Å². The van der Waals surface area contributed by atoms with E-state index in [1.165, 1.54) is 4.68 Å². The number of rotatable bonds is 3. The second kappa shape index (κ2) is 3.79. The van der Waals surface area contributed by atoms with Gasteiger partial charge in [-0.15, -0.1) is 0 Å². The van der Waals surface area contributed by atoms with Crippen molar-refractivity contribution in [2.75, 3.05) is 0 Å². The zero-order chi connectivity index (χ0) is 10.0. The molecule has 5 heteroatoms. The molecule has 0 aliphatic rings. The maximum Gasteiger partial charge on any atom is 0.357 e. The normalized spacial score (nSPS) is 10.4. The van der Waals surface area contributed by atoms with Gasteiger partial charge in [0.2, 0.25) is 0 Å². The Kier molecular flexibility index (Phi) is 2.93. The summed E-state index contributed by atoms with van der Waals surface area (Å²) < 4.78 is 1.52. The number of hydrogen-bond acceptors (Lipinski definition) is 2. The van der Waals surface area contributed by atoms with E-state index in [0.717, 1.165) is 18.5 Å². The van der Waals surface area contributed by atoms with Crippen LogP contribution >= 0.6 is 11.6 Å². The van der Waals surface area contributed by atoms with Crippen LogP contribution in [0.2, 0.25) is 5.02 Å². The van der Waals surface area contributed by atoms with Crippen LogP contribution in [0.4, 0.5) is 0 Å². The van der Waals surface area contributed by atoms with E-state index in [0.29, 0.717) is 0 Å². The van der Waals surface area contributed by atoms with E-state index in [-0.39, 0.29) is 10.7 Å². The lowest BCUT2D eigenvalue weighted by Gasteiger charge is -1.98. The number of halogens is 1. The monoisotopic (exact) mass is 202 g/mol. The maximum atomic E-state index is 10.6. The van der Waals surface area contributed by atoms with E-state index in [1.807, 2.05) is 6.92 Å². The molecule has 4 nitrogen and oxygen atoms in total. The predicted octanol–water partition coefficient (Wildman–Crippen LogP) is 1.72. The van der Waals surface area contributed by atoms with E-state index in [4.69, 9.17) is 16.7 Å². The summed E-state index contributed by atoms with van der Waals surface area (Å²) in [6.45, 7) is 2.00. The van der Waals surface area contributed by atoms with Crippen LogP contribution in [-0.2, 0) is 13.5 Å². The van der Waals surface area contributed by atoms with Crippen molar-refractivity contribution in [3.8, 4) is 0 Å². The molecule has 1 aromatic rings. The summed E-state index contributed by atoms with van der Waals surface area (Å²) in [5.74, 6) is -1.08. The molecule has 0 saturated carbocycles. The molecule has 0 spiro atoms. The first-order valence-electron chi connectivity index (χ1n) is 4.02. The molecule has 0 saturated heterocycles. The van der Waals surface area contributed by atoms with Crippen molar-refractivity contribution in [3.05, 3.63) is 16.4 Å². The molecule has 1 aromatic heterocycles. The number of hydrogen-bond donors (Lipinski definition) is 1. The molecule has 13 heavy (non-hydrogen) atoms. The summed E-state index contributed by atoms with van der Waals surface area (Å²) in [4.78, 5) is 10.6. The highest BCUT2D eigenvalue weighted by molar-refractivity contribution is 6.33. The van der Waals surface area contributed by atoms with Gasteiger partial charge < -0.3 is 5.11 Å². The molecule has 1 heterocycles. The summed E-state index contributed by atoms with van der Waals surface area (Å²) in [5, 5.41) is 12.8. The van der Waals surface area contributed by atoms with E-state index in [1.54, 1.807) is 7.05 Å². The zero-order valence-corrected chi connectivity index (χ0v) is 8.30. The first-order chi connectivity index (χ1) is 6.07. The van der Waals surface area contributed by atoms with Crippen LogP contribution in [0.1, 0.15) is 29.5 Å². The van der Waals surface area contributed by atoms with Gasteiger partial charge in [-0.05, 0) is 6.42 Å². The molecule has 0 amide bonds. The van der Waals surface area contributed by atoms with Crippen molar-refractivity contribution >= 4 is 17.6 Å². The molecule has 0 aromatic carbocycles. The van der Waals surface area contributed by atoms with Crippen LogP contribution < -0.4 is 0 Å². The minimum atomic E-state index is -1.08. The third-order valence-corrected chi connectivity index (χ3v) is 2.19. The third-order valence-electron chi connectivity index (χ3n) is 1.79. The summed E-state index contributed by atoms with van der Waals surface area (Å²) in [6.07, 6.45) is 1.66. The predicted molar refractivity (Wildman–Crippen MR) is 49.2 cm³/mol. The number of carbonyl (C=O) groups is 1. The van der Waals surface area contributed by atoms with Crippen molar-refractivity contribution in [2.45, 2.75) is 19.8 Å². The van der Waals surface area contributed by atoms with E-state index in [2.05, 4.69) is 5.10 Å². The van der Waals surface area contributed by atoms with Crippen LogP contribution in [0.25, 0.3) is 0 Å². The lowest BCUT2D eigenvalue weighted by molar-refractivity contribution is 0.0690. The van der Waals surface area contributed by atoms with Gasteiger partial charge in [-0.25, -0.2) is 4.79 Å². The Morgan fingerprint density at radius 3 is 2.69 bits per heavy atom. The highest BCUT2D eigenvalue weighted by Gasteiger charge is 2.18. The second-order valence-electron chi connectivity index (χ2n) is 2.79. The molecule has 0 aliphatic heterocycles. The van der Waals surface area contributed by atoms with Gasteiger partial charge in [0.15, 0.2) is 5.69 Å². The molecular formula is C8H11ClN2O2. The van der Waals surface area contributed by atoms with Gasteiger partial charge in [-0.2, -0.15) is 5.10 Å². The lowest BCUT2D eigenvalue weighted by Crippen LogP contribution is -2.00. The summed E-state index contributed by atoms with van der Waals surface area (Å²) in [7, 11) is 1.70. The minimum Gasteiger partial charge on any atom is -0.476 e. The average Bonchev–Trinajstić information content (AvgIpc) is 2.32. The third kappa shape index (κ3) is 1.83. The molecule has 1 N–H and O–H groups in total. The Balaban J connectivity index is 3.14. The SMILES string of the molecule is CCCc1c(Cl)c(C(=O)O)nn1C. The molecule has 0 bridgehead atoms. The van der Waals surface area contributed by atoms with Crippen molar-refractivity contribution < 1.29 is 9.90 Å². The van der Waals surface area contributed by atoms with Crippen molar-refractivity contribution in [2.24, 2.45) is 7.05 Å². The minimum absolute atomic E-state index is 0.0624. The largest absolute Gasteiger partial charge is 0.476 e. The second-order valence-corrected chi connectivity index (χ2v) is 3.17. The quantitative estimate of drug-likeness (QED) is 0.812. The number of aryl methyl sites for hydroxylation is 1. The van der Waals surface area contributed by atoms with E-state index in [9.17, 15) is 4.79 Å². The molecular weight excluding hydrogens is 192 g/mol. The lowest BCUT2D eigenvalue weighted by atomic mass is 10.2. The molecule has 0 radical (unpaired) electrons. The number of aromatic carboxylic acids is 1. The maximum absolute atomic E-state index is 10.6. The smallest absolute Gasteiger partial charge is 0.357 e. The summed E-state index contributed by atoms with van der Waals surface area (Å²) >= 11 is 5.84. The highest BCUT2D eigenvalue weighted by atomic mass is 35.5. The van der Waals surface area contributed by atoms with E-state index >= 15 is 0 Å². The van der Waals surface area contributed by atoms with Gasteiger partial charge in [-0.3, -0.25) is 4.68 Å². The number of nitrogens with zero attached hydrogens (tertiary/aromatic N) is 2. The standard InChI is InChI=1S/C8H11ClN2O2/c1-3-4-5-6(9)7(8(12)13)10-11(5)2/h3-4H2,1-2H3,(H,12,13).